The molecule has 0 N–H and O–H groups in total. The molecule has 0 spiro atoms. The van der Waals surface area contributed by atoms with Crippen LogP contribution in [0.4, 0.5) is 0 Å². The average molecular weight is 278 g/mol. The van der Waals surface area contributed by atoms with Gasteiger partial charge in [-0.25, -0.2) is 0 Å². The molecule has 1 aromatic heterocycles. The molecule has 1 amide bonds. The molecular formula is C14H18N2O4. The van der Waals surface area contributed by atoms with Crippen LogP contribution in [0.1, 0.15) is 23.0 Å². The minimum atomic E-state index is -0.331. The highest BCUT2D eigenvalue weighted by Crippen LogP contribution is 2.11. The largest absolute Gasteiger partial charge is 0.465 e. The summed E-state index contributed by atoms with van der Waals surface area (Å²) in [5, 5.41) is 0. The zero-order chi connectivity index (χ0) is 14.4. The van der Waals surface area contributed by atoms with Crippen molar-refractivity contribution >= 4 is 11.9 Å². The zero-order valence-electron chi connectivity index (χ0n) is 11.5. The number of amides is 1. The summed E-state index contributed by atoms with van der Waals surface area (Å²) >= 11 is 0. The van der Waals surface area contributed by atoms with Crippen LogP contribution in [0, 0.1) is 0 Å². The van der Waals surface area contributed by atoms with Gasteiger partial charge >= 0.3 is 5.97 Å². The van der Waals surface area contributed by atoms with E-state index in [9.17, 15) is 9.59 Å². The first-order chi connectivity index (χ1) is 9.68. The Morgan fingerprint density at radius 2 is 2.15 bits per heavy atom. The van der Waals surface area contributed by atoms with E-state index >= 15 is 0 Å². The molecule has 0 aromatic carbocycles. The summed E-state index contributed by atoms with van der Waals surface area (Å²) in [6.07, 6.45) is 2.07. The Balaban J connectivity index is 2.06. The number of nitrogens with zero attached hydrogens (tertiary/aromatic N) is 2. The Labute approximate surface area is 117 Å². The van der Waals surface area contributed by atoms with Crippen molar-refractivity contribution in [2.75, 3.05) is 32.9 Å². The molecule has 1 aromatic rings. The zero-order valence-corrected chi connectivity index (χ0v) is 11.5. The molecule has 1 fully saturated rings. The van der Waals surface area contributed by atoms with Crippen molar-refractivity contribution in [3.63, 3.8) is 0 Å². The van der Waals surface area contributed by atoms with E-state index in [1.54, 1.807) is 23.2 Å². The molecule has 0 radical (unpaired) electrons. The summed E-state index contributed by atoms with van der Waals surface area (Å²) in [6, 6.07) is 3.50. The molecule has 6 heteroatoms. The predicted octanol–water partition coefficient (Wildman–Crippen LogP) is 0.660. The van der Waals surface area contributed by atoms with Gasteiger partial charge in [-0.3, -0.25) is 14.6 Å². The maximum absolute atomic E-state index is 12.4. The molecule has 20 heavy (non-hydrogen) atoms. The smallest absolute Gasteiger partial charge is 0.302 e. The van der Waals surface area contributed by atoms with Gasteiger partial charge in [0, 0.05) is 32.6 Å². The van der Waals surface area contributed by atoms with Crippen LogP contribution >= 0.6 is 0 Å². The van der Waals surface area contributed by atoms with Crippen molar-refractivity contribution < 1.29 is 19.1 Å². The van der Waals surface area contributed by atoms with E-state index in [4.69, 9.17) is 9.47 Å². The van der Waals surface area contributed by atoms with E-state index < -0.39 is 0 Å². The van der Waals surface area contributed by atoms with Gasteiger partial charge in [0.15, 0.2) is 0 Å². The Kier molecular flexibility index (Phi) is 5.06. The molecular weight excluding hydrogens is 260 g/mol. The first-order valence-electron chi connectivity index (χ1n) is 6.63. The molecule has 1 aliphatic rings. The van der Waals surface area contributed by atoms with Crippen LogP contribution in [0.2, 0.25) is 0 Å². The number of hydrogen-bond donors (Lipinski definition) is 0. The van der Waals surface area contributed by atoms with E-state index in [1.807, 2.05) is 0 Å². The highest BCUT2D eigenvalue weighted by atomic mass is 16.5. The van der Waals surface area contributed by atoms with Crippen molar-refractivity contribution in [1.82, 2.24) is 9.88 Å². The van der Waals surface area contributed by atoms with Crippen LogP contribution in [-0.2, 0) is 20.7 Å². The van der Waals surface area contributed by atoms with Crippen LogP contribution in [0.25, 0.3) is 0 Å². The first kappa shape index (κ1) is 14.5. The monoisotopic (exact) mass is 278 g/mol. The Hall–Kier alpha value is -1.95. The Morgan fingerprint density at radius 1 is 1.40 bits per heavy atom. The highest BCUT2D eigenvalue weighted by Gasteiger charge is 2.21. The normalized spacial score (nSPS) is 14.9. The third-order valence-corrected chi connectivity index (χ3v) is 3.06. The van der Waals surface area contributed by atoms with Gasteiger partial charge in [-0.2, -0.15) is 0 Å². The molecule has 6 nitrogen and oxygen atoms in total. The van der Waals surface area contributed by atoms with Crippen LogP contribution in [-0.4, -0.2) is 54.7 Å². The average Bonchev–Trinajstić information content (AvgIpc) is 2.47. The van der Waals surface area contributed by atoms with Gasteiger partial charge in [0.05, 0.1) is 31.1 Å². The van der Waals surface area contributed by atoms with Gasteiger partial charge in [0.1, 0.15) is 0 Å². The number of esters is 1. The van der Waals surface area contributed by atoms with E-state index in [1.165, 1.54) is 6.92 Å². The lowest BCUT2D eigenvalue weighted by Crippen LogP contribution is -2.41. The lowest BCUT2D eigenvalue weighted by Gasteiger charge is -2.27. The minimum absolute atomic E-state index is 0.0424. The van der Waals surface area contributed by atoms with Crippen molar-refractivity contribution in [2.24, 2.45) is 0 Å². The van der Waals surface area contributed by atoms with Crippen LogP contribution in [0.5, 0.6) is 0 Å². The van der Waals surface area contributed by atoms with Crippen molar-refractivity contribution in [2.45, 2.75) is 13.3 Å². The van der Waals surface area contributed by atoms with Crippen molar-refractivity contribution in [1.29, 1.82) is 0 Å². The molecule has 2 rings (SSSR count). The molecule has 1 aliphatic heterocycles. The molecule has 0 saturated carbocycles. The summed E-state index contributed by atoms with van der Waals surface area (Å²) < 4.78 is 10.1. The number of hydrogen-bond acceptors (Lipinski definition) is 5. The van der Waals surface area contributed by atoms with Crippen LogP contribution in [0.15, 0.2) is 18.3 Å². The van der Waals surface area contributed by atoms with Gasteiger partial charge in [-0.05, 0) is 12.1 Å². The number of aromatic nitrogens is 1. The maximum atomic E-state index is 12.4. The standard InChI is InChI=1S/C14H18N2O4/c1-11(17)20-8-4-13-12(3-2-5-15-13)14(18)16-6-9-19-10-7-16/h2-3,5H,4,6-10H2,1H3. The van der Waals surface area contributed by atoms with Gasteiger partial charge in [-0.15, -0.1) is 0 Å². The third-order valence-electron chi connectivity index (χ3n) is 3.06. The summed E-state index contributed by atoms with van der Waals surface area (Å²) in [6.45, 7) is 3.91. The molecule has 0 bridgehead atoms. The third kappa shape index (κ3) is 3.77. The Morgan fingerprint density at radius 3 is 2.85 bits per heavy atom. The fourth-order valence-electron chi connectivity index (χ4n) is 2.06. The second-order valence-corrected chi connectivity index (χ2v) is 4.49. The molecule has 0 aliphatic carbocycles. The van der Waals surface area contributed by atoms with Gasteiger partial charge < -0.3 is 14.4 Å². The molecule has 1 saturated heterocycles. The Bertz CT molecular complexity index is 484. The predicted molar refractivity (Wildman–Crippen MR) is 71.3 cm³/mol. The number of morpholine rings is 1. The van der Waals surface area contributed by atoms with E-state index in [2.05, 4.69) is 4.98 Å². The van der Waals surface area contributed by atoms with Crippen molar-refractivity contribution in [3.05, 3.63) is 29.6 Å². The lowest BCUT2D eigenvalue weighted by molar-refractivity contribution is -0.140. The summed E-state index contributed by atoms with van der Waals surface area (Å²) in [5.74, 6) is -0.374. The van der Waals surface area contributed by atoms with E-state index in [0.717, 1.165) is 0 Å². The van der Waals surface area contributed by atoms with Crippen LogP contribution in [0.3, 0.4) is 0 Å². The molecule has 0 unspecified atom stereocenters. The topological polar surface area (TPSA) is 68.7 Å². The highest BCUT2D eigenvalue weighted by molar-refractivity contribution is 5.95. The fraction of sp³-hybridized carbons (Fsp3) is 0.500. The number of rotatable bonds is 4. The minimum Gasteiger partial charge on any atom is -0.465 e. The number of carbonyl (C=O) groups excluding carboxylic acids is 2. The van der Waals surface area contributed by atoms with Gasteiger partial charge in [-0.1, -0.05) is 0 Å². The van der Waals surface area contributed by atoms with Crippen molar-refractivity contribution in [3.8, 4) is 0 Å². The van der Waals surface area contributed by atoms with Gasteiger partial charge in [0.2, 0.25) is 0 Å². The fourth-order valence-corrected chi connectivity index (χ4v) is 2.06. The molecule has 0 atom stereocenters. The first-order valence-corrected chi connectivity index (χ1v) is 6.63. The second-order valence-electron chi connectivity index (χ2n) is 4.49. The maximum Gasteiger partial charge on any atom is 0.302 e. The lowest BCUT2D eigenvalue weighted by atomic mass is 10.1. The second kappa shape index (κ2) is 7.00. The number of pyridine rings is 1. The van der Waals surface area contributed by atoms with E-state index in [0.29, 0.717) is 44.0 Å². The summed E-state index contributed by atoms with van der Waals surface area (Å²) in [5.41, 5.74) is 1.23. The number of carbonyl (C=O) groups is 2. The summed E-state index contributed by atoms with van der Waals surface area (Å²) in [7, 11) is 0. The van der Waals surface area contributed by atoms with Gasteiger partial charge in [0.25, 0.3) is 5.91 Å². The molecule has 2 heterocycles. The van der Waals surface area contributed by atoms with E-state index in [-0.39, 0.29) is 18.5 Å². The quantitative estimate of drug-likeness (QED) is 0.757. The number of ether oxygens (including phenoxy) is 2. The SMILES string of the molecule is CC(=O)OCCc1ncccc1C(=O)N1CCOCC1. The van der Waals surface area contributed by atoms with Crippen LogP contribution < -0.4 is 0 Å². The molecule has 108 valence electrons. The summed E-state index contributed by atoms with van der Waals surface area (Å²) in [4.78, 5) is 29.2.